The SMILES string of the molecule is CCN(CC)C(=O)C1=C(C)N=c2s/c(=C\c3ccc(Sc4nc(C)cc(=O)[nH]4)c([N+](=O)[O-])c3)c(=O)n2[C@H]1c1cc(OC)ccc1OC. The van der Waals surface area contributed by atoms with Crippen molar-refractivity contribution in [2.45, 2.75) is 43.8 Å². The quantitative estimate of drug-likeness (QED) is 0.150. The van der Waals surface area contributed by atoms with Crippen LogP contribution < -0.4 is 29.9 Å². The summed E-state index contributed by atoms with van der Waals surface area (Å²) < 4.78 is 12.9. The first-order valence-electron chi connectivity index (χ1n) is 14.6. The number of aryl methyl sites for hydroxylation is 1. The van der Waals surface area contributed by atoms with Crippen molar-refractivity contribution in [1.29, 1.82) is 0 Å². The smallest absolute Gasteiger partial charge is 0.283 e. The molecule has 1 N–H and O–H groups in total. The van der Waals surface area contributed by atoms with Crippen LogP contribution in [0.2, 0.25) is 0 Å². The van der Waals surface area contributed by atoms with E-state index in [1.54, 1.807) is 55.2 Å². The molecule has 13 nitrogen and oxygen atoms in total. The Morgan fingerprint density at radius 1 is 1.13 bits per heavy atom. The van der Waals surface area contributed by atoms with Crippen LogP contribution in [0.1, 0.15) is 43.6 Å². The van der Waals surface area contributed by atoms with Crippen LogP contribution in [-0.2, 0) is 4.79 Å². The second-order valence-corrected chi connectivity index (χ2v) is 12.5. The molecule has 0 saturated carbocycles. The van der Waals surface area contributed by atoms with Gasteiger partial charge < -0.3 is 19.4 Å². The van der Waals surface area contributed by atoms with Gasteiger partial charge in [-0.3, -0.25) is 29.1 Å². The van der Waals surface area contributed by atoms with Crippen LogP contribution in [0.5, 0.6) is 11.5 Å². The zero-order valence-electron chi connectivity index (χ0n) is 26.5. The molecule has 0 fully saturated rings. The van der Waals surface area contributed by atoms with E-state index < -0.39 is 16.5 Å². The standard InChI is InChI=1S/C32H32N6O7S2/c1-7-36(8-2)30(41)27-18(4)34-32-37(28(27)21-16-20(44-5)10-11-23(21)45-6)29(40)25(47-32)15-19-9-12-24(22(14-19)38(42)43)46-31-33-17(3)13-26(39)35-31/h9-16,28H,7-8H2,1-6H3,(H,33,35,39)/b25-15-/t28-/m0/s1. The maximum absolute atomic E-state index is 14.2. The number of aromatic amines is 1. The van der Waals surface area contributed by atoms with Crippen molar-refractivity contribution in [2.24, 2.45) is 4.99 Å². The third kappa shape index (κ3) is 6.62. The third-order valence-corrected chi connectivity index (χ3v) is 9.50. The lowest BCUT2D eigenvalue weighted by molar-refractivity contribution is -0.387. The largest absolute Gasteiger partial charge is 0.497 e. The highest BCUT2D eigenvalue weighted by Gasteiger charge is 2.36. The molecular formula is C32H32N6O7S2. The average Bonchev–Trinajstić information content (AvgIpc) is 3.34. The summed E-state index contributed by atoms with van der Waals surface area (Å²) in [4.78, 5) is 65.4. The highest BCUT2D eigenvalue weighted by Crippen LogP contribution is 2.38. The van der Waals surface area contributed by atoms with Crippen LogP contribution in [-0.4, -0.2) is 57.6 Å². The molecule has 1 aliphatic heterocycles. The number of methoxy groups -OCH3 is 2. The Morgan fingerprint density at radius 3 is 2.51 bits per heavy atom. The zero-order chi connectivity index (χ0) is 34.0. The molecule has 1 aliphatic rings. The highest BCUT2D eigenvalue weighted by molar-refractivity contribution is 7.99. The van der Waals surface area contributed by atoms with Gasteiger partial charge in [-0.05, 0) is 75.4 Å². The van der Waals surface area contributed by atoms with Crippen molar-refractivity contribution >= 4 is 40.8 Å². The number of nitrogens with zero attached hydrogens (tertiary/aromatic N) is 5. The predicted octanol–water partition coefficient (Wildman–Crippen LogP) is 3.57. The van der Waals surface area contributed by atoms with E-state index in [0.717, 1.165) is 23.1 Å². The van der Waals surface area contributed by atoms with E-state index in [1.165, 1.54) is 30.9 Å². The highest BCUT2D eigenvalue weighted by atomic mass is 32.2. The minimum absolute atomic E-state index is 0.220. The number of ether oxygens (including phenoxy) is 2. The molecule has 15 heteroatoms. The van der Waals surface area contributed by atoms with Crippen molar-refractivity contribution in [2.75, 3.05) is 27.3 Å². The van der Waals surface area contributed by atoms with Gasteiger partial charge >= 0.3 is 0 Å². The van der Waals surface area contributed by atoms with Gasteiger partial charge in [0.2, 0.25) is 0 Å². The van der Waals surface area contributed by atoms with E-state index in [9.17, 15) is 24.5 Å². The summed E-state index contributed by atoms with van der Waals surface area (Å²) >= 11 is 2.07. The number of rotatable bonds is 10. The van der Waals surface area contributed by atoms with E-state index in [1.807, 2.05) is 13.8 Å². The molecule has 0 spiro atoms. The monoisotopic (exact) mass is 676 g/mol. The first-order chi connectivity index (χ1) is 22.5. The number of aromatic nitrogens is 3. The summed E-state index contributed by atoms with van der Waals surface area (Å²) in [7, 11) is 3.04. The molecule has 1 amide bonds. The van der Waals surface area contributed by atoms with E-state index in [-0.39, 0.29) is 31.7 Å². The van der Waals surface area contributed by atoms with E-state index >= 15 is 0 Å². The second kappa shape index (κ2) is 13.8. The number of thiazole rings is 1. The van der Waals surface area contributed by atoms with E-state index in [2.05, 4.69) is 9.97 Å². The maximum Gasteiger partial charge on any atom is 0.283 e. The zero-order valence-corrected chi connectivity index (χ0v) is 28.2. The first-order valence-corrected chi connectivity index (χ1v) is 16.2. The average molecular weight is 677 g/mol. The van der Waals surface area contributed by atoms with Gasteiger partial charge in [-0.25, -0.2) is 9.98 Å². The second-order valence-electron chi connectivity index (χ2n) is 10.4. The van der Waals surface area contributed by atoms with Crippen LogP contribution in [0, 0.1) is 17.0 Å². The minimum atomic E-state index is -0.886. The number of carbonyl (C=O) groups excluding carboxylic acids is 1. The van der Waals surface area contributed by atoms with Crippen LogP contribution in [0.4, 0.5) is 5.69 Å². The van der Waals surface area contributed by atoms with Gasteiger partial charge in [-0.2, -0.15) is 0 Å². The third-order valence-electron chi connectivity index (χ3n) is 7.57. The molecular weight excluding hydrogens is 645 g/mol. The molecule has 47 heavy (non-hydrogen) atoms. The van der Waals surface area contributed by atoms with Crippen LogP contribution in [0.15, 0.2) is 78.4 Å². The molecule has 5 rings (SSSR count). The summed E-state index contributed by atoms with van der Waals surface area (Å²) in [6.07, 6.45) is 1.56. The summed E-state index contributed by atoms with van der Waals surface area (Å²) in [5.74, 6) is 0.717. The number of fused-ring (bicyclic) bond motifs is 1. The van der Waals surface area contributed by atoms with Gasteiger partial charge in [0.1, 0.15) is 17.5 Å². The summed E-state index contributed by atoms with van der Waals surface area (Å²) in [5, 5.41) is 12.3. The number of H-pyrrole nitrogens is 1. The fourth-order valence-corrected chi connectivity index (χ4v) is 7.30. The molecule has 244 valence electrons. The van der Waals surface area contributed by atoms with Gasteiger partial charge in [-0.1, -0.05) is 17.4 Å². The predicted molar refractivity (Wildman–Crippen MR) is 178 cm³/mol. The summed E-state index contributed by atoms with van der Waals surface area (Å²) in [5.41, 5.74) is 1.21. The topological polar surface area (TPSA) is 162 Å². The van der Waals surface area contributed by atoms with Crippen LogP contribution in [0.25, 0.3) is 6.08 Å². The number of carbonyl (C=O) groups is 1. The molecule has 0 saturated heterocycles. The first kappa shape index (κ1) is 33.3. The maximum atomic E-state index is 14.2. The molecule has 0 radical (unpaired) electrons. The van der Waals surface area contributed by atoms with Gasteiger partial charge in [0, 0.05) is 36.5 Å². The number of allylic oxidation sites excluding steroid dienone is 1. The van der Waals surface area contributed by atoms with E-state index in [4.69, 9.17) is 14.5 Å². The number of nitrogens with one attached hydrogen (secondary N) is 1. The van der Waals surface area contributed by atoms with Gasteiger partial charge in [0.25, 0.3) is 22.7 Å². The number of hydrogen-bond acceptors (Lipinski definition) is 11. The molecule has 2 aromatic heterocycles. The Hall–Kier alpha value is -5.02. The van der Waals surface area contributed by atoms with Crippen LogP contribution in [0.3, 0.4) is 0 Å². The number of nitro groups is 1. The van der Waals surface area contributed by atoms with Crippen molar-refractivity contribution in [3.63, 3.8) is 0 Å². The molecule has 3 heterocycles. The Morgan fingerprint density at radius 2 is 1.87 bits per heavy atom. The lowest BCUT2D eigenvalue weighted by Gasteiger charge is -2.30. The molecule has 2 aromatic carbocycles. The molecule has 1 atom stereocenters. The number of nitro benzene ring substituents is 1. The Balaban J connectivity index is 1.68. The van der Waals surface area contributed by atoms with Crippen molar-refractivity contribution in [3.8, 4) is 11.5 Å². The van der Waals surface area contributed by atoms with Gasteiger partial charge in [0.05, 0.1) is 39.8 Å². The van der Waals surface area contributed by atoms with Crippen LogP contribution >= 0.6 is 23.1 Å². The molecule has 0 unspecified atom stereocenters. The molecule has 4 aromatic rings. The lowest BCUT2D eigenvalue weighted by atomic mass is 9.93. The van der Waals surface area contributed by atoms with Crippen molar-refractivity contribution in [3.05, 3.63) is 111 Å². The normalized spacial score (nSPS) is 14.4. The number of benzene rings is 2. The van der Waals surface area contributed by atoms with Crippen molar-refractivity contribution in [1.82, 2.24) is 19.4 Å². The Bertz CT molecular complexity index is 2170. The minimum Gasteiger partial charge on any atom is -0.497 e. The Labute approximate surface area is 277 Å². The number of hydrogen-bond donors (Lipinski definition) is 1. The molecule has 0 aliphatic carbocycles. The number of likely N-dealkylation sites (N-methyl/N-ethyl adjacent to an activating group) is 1. The van der Waals surface area contributed by atoms with E-state index in [0.29, 0.717) is 57.5 Å². The summed E-state index contributed by atoms with van der Waals surface area (Å²) in [6.45, 7) is 8.08. The number of amides is 1. The van der Waals surface area contributed by atoms with Gasteiger partial charge in [-0.15, -0.1) is 0 Å². The Kier molecular flexibility index (Phi) is 9.77. The van der Waals surface area contributed by atoms with Crippen molar-refractivity contribution < 1.29 is 19.2 Å². The fourth-order valence-electron chi connectivity index (χ4n) is 5.33. The lowest BCUT2D eigenvalue weighted by Crippen LogP contribution is -2.43. The molecule has 0 bridgehead atoms. The fraction of sp³-hybridized carbons (Fsp3) is 0.281. The summed E-state index contributed by atoms with van der Waals surface area (Å²) in [6, 6.07) is 10.2. The van der Waals surface area contributed by atoms with Gasteiger partial charge in [0.15, 0.2) is 9.96 Å².